The molecule has 4 aromatic heterocycles. The van der Waals surface area contributed by atoms with E-state index in [0.29, 0.717) is 45.4 Å². The van der Waals surface area contributed by atoms with Gasteiger partial charge in [-0.3, -0.25) is 4.79 Å². The fourth-order valence-corrected chi connectivity index (χ4v) is 10.3. The highest BCUT2D eigenvalue weighted by molar-refractivity contribution is 7.12. The van der Waals surface area contributed by atoms with Crippen molar-refractivity contribution in [2.45, 2.75) is 88.3 Å². The Labute approximate surface area is 327 Å². The molecule has 0 unspecified atom stereocenters. The molecule has 13 heteroatoms. The van der Waals surface area contributed by atoms with E-state index in [1.165, 1.54) is 57.0 Å². The summed E-state index contributed by atoms with van der Waals surface area (Å²) in [5.74, 6) is -0.613. The van der Waals surface area contributed by atoms with Gasteiger partial charge in [-0.1, -0.05) is 18.2 Å². The van der Waals surface area contributed by atoms with Gasteiger partial charge in [-0.05, 0) is 128 Å². The largest absolute Gasteiger partial charge is 0.506 e. The third-order valence-electron chi connectivity index (χ3n) is 11.5. The van der Waals surface area contributed by atoms with Crippen molar-refractivity contribution >= 4 is 50.6 Å². The van der Waals surface area contributed by atoms with Gasteiger partial charge in [-0.25, -0.2) is 9.78 Å². The van der Waals surface area contributed by atoms with Crippen LogP contribution in [-0.4, -0.2) is 73.0 Å². The van der Waals surface area contributed by atoms with Crippen LogP contribution in [0.4, 0.5) is 0 Å². The number of fused-ring (bicyclic) bond motifs is 4. The van der Waals surface area contributed by atoms with Crippen molar-refractivity contribution in [1.29, 1.82) is 0 Å². The summed E-state index contributed by atoms with van der Waals surface area (Å²) in [4.78, 5) is 36.4. The molecule has 0 aliphatic heterocycles. The first-order valence-corrected chi connectivity index (χ1v) is 20.9. The van der Waals surface area contributed by atoms with E-state index in [-0.39, 0.29) is 17.4 Å². The molecule has 6 aromatic rings. The zero-order chi connectivity index (χ0) is 38.1. The van der Waals surface area contributed by atoms with Crippen molar-refractivity contribution in [1.82, 2.24) is 24.8 Å². The number of carbonyl (C=O) groups is 1. The minimum absolute atomic E-state index is 0.0257. The number of ether oxygens (including phenoxy) is 1. The number of phenolic OH excluding ortho intramolecular Hbond substituents is 1. The van der Waals surface area contributed by atoms with Crippen LogP contribution in [0.25, 0.3) is 21.9 Å². The molecule has 0 radical (unpaired) electrons. The summed E-state index contributed by atoms with van der Waals surface area (Å²) >= 11 is 2.72. The number of aromatic hydroxyl groups is 1. The number of phenols is 1. The third-order valence-corrected chi connectivity index (χ3v) is 13.4. The van der Waals surface area contributed by atoms with E-state index < -0.39 is 17.7 Å². The van der Waals surface area contributed by atoms with E-state index in [1.54, 1.807) is 24.3 Å². The molecule has 2 aromatic carbocycles. The molecule has 8 rings (SSSR count). The van der Waals surface area contributed by atoms with Gasteiger partial charge < -0.3 is 39.8 Å². The van der Waals surface area contributed by atoms with Crippen LogP contribution in [0.3, 0.4) is 0 Å². The third kappa shape index (κ3) is 7.49. The molecule has 4 heterocycles. The number of carbonyl (C=O) groups excluding carboxylic acids is 1. The van der Waals surface area contributed by atoms with Crippen molar-refractivity contribution < 1.29 is 24.9 Å². The molecule has 0 bridgehead atoms. The lowest BCUT2D eigenvalue weighted by atomic mass is 9.91. The Bertz CT molecular complexity index is 2290. The Morgan fingerprint density at radius 2 is 1.82 bits per heavy atom. The zero-order valence-corrected chi connectivity index (χ0v) is 32.5. The van der Waals surface area contributed by atoms with Crippen LogP contribution >= 0.6 is 22.7 Å². The number of pyridine rings is 1. The summed E-state index contributed by atoms with van der Waals surface area (Å²) in [7, 11) is 2.19. The van der Waals surface area contributed by atoms with Crippen molar-refractivity contribution in [3.8, 4) is 5.75 Å². The molecule has 0 saturated heterocycles. The number of nitrogens with one attached hydrogen (secondary N) is 2. The molecule has 1 fully saturated rings. The minimum atomic E-state index is -1.77. The van der Waals surface area contributed by atoms with Crippen LogP contribution < -0.4 is 10.9 Å². The molecule has 1 saturated carbocycles. The Balaban J connectivity index is 0.842. The average Bonchev–Trinajstić information content (AvgIpc) is 4.03. The fourth-order valence-electron chi connectivity index (χ4n) is 8.58. The number of aliphatic hydroxyl groups is 2. The predicted molar refractivity (Wildman–Crippen MR) is 216 cm³/mol. The van der Waals surface area contributed by atoms with Crippen LogP contribution in [0.5, 0.6) is 5.75 Å². The summed E-state index contributed by atoms with van der Waals surface area (Å²) in [6.45, 7) is 2.74. The van der Waals surface area contributed by atoms with Gasteiger partial charge in [0.2, 0.25) is 11.2 Å². The van der Waals surface area contributed by atoms with Crippen LogP contribution in [0.15, 0.2) is 76.5 Å². The molecule has 55 heavy (non-hydrogen) atoms. The molecule has 11 nitrogen and oxygen atoms in total. The highest BCUT2D eigenvalue weighted by Gasteiger charge is 2.45. The van der Waals surface area contributed by atoms with E-state index in [0.717, 1.165) is 70.0 Å². The lowest BCUT2D eigenvalue weighted by Crippen LogP contribution is -2.42. The van der Waals surface area contributed by atoms with Crippen molar-refractivity contribution in [2.24, 2.45) is 0 Å². The van der Waals surface area contributed by atoms with Gasteiger partial charge in [0.15, 0.2) is 0 Å². The van der Waals surface area contributed by atoms with Crippen LogP contribution in [0.1, 0.15) is 76.6 Å². The molecule has 2 aliphatic carbocycles. The number of imidazole rings is 1. The normalized spacial score (nSPS) is 18.0. The number of aromatic amines is 1. The Kier molecular flexibility index (Phi) is 10.9. The first-order valence-electron chi connectivity index (χ1n) is 19.1. The second-order valence-electron chi connectivity index (χ2n) is 14.9. The number of aliphatic hydroxyl groups excluding tert-OH is 1. The van der Waals surface area contributed by atoms with Gasteiger partial charge in [-0.2, -0.15) is 0 Å². The van der Waals surface area contributed by atoms with Gasteiger partial charge >= 0.3 is 5.97 Å². The molecular weight excluding hydrogens is 735 g/mol. The standard InChI is InChI=1S/C42H47N5O6S2/c1-46(27-10-12-28(13-11-27)53-41(51)42(52,36-8-3-20-54-36)37-9-4-21-55-37)18-5-19-47-25-44-33-22-26(29-6-2-7-32(29)40(33)47)23-43-24-35(49)30-14-16-34(48)39-31(30)15-17-38(50)45-39/h3-4,8-9,14-17,20-22,25,27-28,35,43,48-49,52H,2,5-7,10-13,18-19,23-24H2,1H3,(H,45,50)/t27?,28?,35-/m0/s1. The number of esters is 1. The SMILES string of the molecule is CN(CCCn1cnc2cc(CNC[C@H](O)c3ccc(O)c4[nH]c(=O)ccc34)c3c(c21)CCC3)C1CCC(OC(=O)C(O)(c2cccs2)c2cccs2)CC1. The summed E-state index contributed by atoms with van der Waals surface area (Å²) in [6.07, 6.45) is 8.50. The maximum atomic E-state index is 13.5. The van der Waals surface area contributed by atoms with Crippen molar-refractivity contribution in [3.63, 3.8) is 0 Å². The molecule has 5 N–H and O–H groups in total. The first-order chi connectivity index (χ1) is 26.7. The first kappa shape index (κ1) is 37.5. The molecule has 288 valence electrons. The number of benzene rings is 2. The quantitative estimate of drug-likeness (QED) is 0.0822. The highest BCUT2D eigenvalue weighted by Crippen LogP contribution is 2.38. The second-order valence-corrected chi connectivity index (χ2v) is 16.8. The number of hydrogen-bond donors (Lipinski definition) is 5. The summed E-state index contributed by atoms with van der Waals surface area (Å²) < 4.78 is 8.30. The van der Waals surface area contributed by atoms with Crippen LogP contribution in [0, 0.1) is 0 Å². The maximum absolute atomic E-state index is 13.5. The van der Waals surface area contributed by atoms with Gasteiger partial charge in [0.05, 0.1) is 38.7 Å². The van der Waals surface area contributed by atoms with Crippen LogP contribution in [0.2, 0.25) is 0 Å². The minimum Gasteiger partial charge on any atom is -0.506 e. The summed E-state index contributed by atoms with van der Waals surface area (Å²) in [5.41, 5.74) is 5.09. The number of H-pyrrole nitrogens is 1. The number of aryl methyl sites for hydroxylation is 2. The maximum Gasteiger partial charge on any atom is 0.349 e. The Morgan fingerprint density at radius 3 is 2.55 bits per heavy atom. The van der Waals surface area contributed by atoms with Crippen LogP contribution in [-0.2, 0) is 41.1 Å². The lowest BCUT2D eigenvalue weighted by molar-refractivity contribution is -0.169. The Hall–Kier alpha value is -4.37. The Morgan fingerprint density at radius 1 is 1.07 bits per heavy atom. The smallest absolute Gasteiger partial charge is 0.349 e. The van der Waals surface area contributed by atoms with E-state index in [9.17, 15) is 24.9 Å². The van der Waals surface area contributed by atoms with E-state index >= 15 is 0 Å². The number of nitrogens with zero attached hydrogens (tertiary/aromatic N) is 3. The van der Waals surface area contributed by atoms with E-state index in [1.807, 2.05) is 29.2 Å². The number of rotatable bonds is 14. The van der Waals surface area contributed by atoms with Gasteiger partial charge in [0, 0.05) is 37.1 Å². The topological polar surface area (TPSA) is 153 Å². The predicted octanol–water partition coefficient (Wildman–Crippen LogP) is 6.13. The molecule has 0 spiro atoms. The van der Waals surface area contributed by atoms with Crippen molar-refractivity contribution in [3.05, 3.63) is 114 Å². The average molecular weight is 782 g/mol. The number of aromatic nitrogens is 3. The molecular formula is C42H47N5O6S2. The van der Waals surface area contributed by atoms with Gasteiger partial charge in [0.1, 0.15) is 11.9 Å². The van der Waals surface area contributed by atoms with E-state index in [4.69, 9.17) is 9.72 Å². The summed E-state index contributed by atoms with van der Waals surface area (Å²) in [6, 6.07) is 16.1. The van der Waals surface area contributed by atoms with E-state index in [2.05, 4.69) is 32.9 Å². The highest BCUT2D eigenvalue weighted by atomic mass is 32.1. The molecule has 0 amide bonds. The zero-order valence-electron chi connectivity index (χ0n) is 30.9. The monoisotopic (exact) mass is 781 g/mol. The van der Waals surface area contributed by atoms with Crippen molar-refractivity contribution in [2.75, 3.05) is 20.1 Å². The second kappa shape index (κ2) is 16.0. The van der Waals surface area contributed by atoms with Gasteiger partial charge in [-0.15, -0.1) is 22.7 Å². The molecule has 2 aliphatic rings. The number of thiophene rings is 2. The summed E-state index contributed by atoms with van der Waals surface area (Å²) in [5, 5.41) is 40.7. The van der Waals surface area contributed by atoms with Gasteiger partial charge in [0.25, 0.3) is 0 Å². The molecule has 1 atom stereocenters. The number of hydrogen-bond acceptors (Lipinski definition) is 11. The fraction of sp³-hybridized carbons (Fsp3) is 0.405. The lowest BCUT2D eigenvalue weighted by Gasteiger charge is -2.35.